The zero-order chi connectivity index (χ0) is 28.7. The Hall–Kier alpha value is -4.42. The molecule has 0 aliphatic heterocycles. The van der Waals surface area contributed by atoms with Crippen LogP contribution in [-0.4, -0.2) is 34.7 Å². The number of hydrogen-bond acceptors (Lipinski definition) is 6. The summed E-state index contributed by atoms with van der Waals surface area (Å²) >= 11 is 0. The fourth-order valence-corrected chi connectivity index (χ4v) is 6.60. The molecule has 0 spiro atoms. The lowest BCUT2D eigenvalue weighted by molar-refractivity contribution is 0.586. The molecule has 0 unspecified atom stereocenters. The van der Waals surface area contributed by atoms with Gasteiger partial charge in [0.25, 0.3) is 20.0 Å². The molecule has 0 aliphatic carbocycles. The summed E-state index contributed by atoms with van der Waals surface area (Å²) in [5.41, 5.74) is 2.38. The number of nitrogens with zero attached hydrogens (tertiary/aromatic N) is 4. The van der Waals surface area contributed by atoms with Crippen LogP contribution < -0.4 is 0 Å². The summed E-state index contributed by atoms with van der Waals surface area (Å²) in [6.07, 6.45) is 4.77. The van der Waals surface area contributed by atoms with Gasteiger partial charge in [-0.05, 0) is 62.4 Å². The van der Waals surface area contributed by atoms with Gasteiger partial charge < -0.3 is 0 Å². The van der Waals surface area contributed by atoms with E-state index in [1.807, 2.05) is 13.8 Å². The number of halogens is 2. The van der Waals surface area contributed by atoms with E-state index in [1.165, 1.54) is 36.7 Å². The Morgan fingerprint density at radius 2 is 0.925 bits per heavy atom. The molecule has 8 nitrogen and oxygen atoms in total. The van der Waals surface area contributed by atoms with Crippen LogP contribution in [0.5, 0.6) is 0 Å². The average molecular weight is 581 g/mol. The van der Waals surface area contributed by atoms with Crippen molar-refractivity contribution in [3.05, 3.63) is 120 Å². The highest BCUT2D eigenvalue weighted by atomic mass is 32.2. The number of hydrogen-bond donors (Lipinski definition) is 0. The van der Waals surface area contributed by atoms with Crippen LogP contribution in [0.4, 0.5) is 8.78 Å². The van der Waals surface area contributed by atoms with Crippen molar-refractivity contribution in [2.75, 3.05) is 0 Å². The van der Waals surface area contributed by atoms with Gasteiger partial charge in [-0.1, -0.05) is 35.4 Å². The number of benzene rings is 2. The Bertz CT molecular complexity index is 1920. The van der Waals surface area contributed by atoms with Crippen molar-refractivity contribution < 1.29 is 25.6 Å². The van der Waals surface area contributed by atoms with Crippen molar-refractivity contribution >= 4 is 42.1 Å². The van der Waals surface area contributed by atoms with Gasteiger partial charge in [0.05, 0.1) is 22.2 Å². The molecule has 0 radical (unpaired) electrons. The topological polar surface area (TPSA) is 104 Å². The van der Waals surface area contributed by atoms with Crippen LogP contribution in [0.3, 0.4) is 0 Å². The number of aryl methyl sites for hydroxylation is 2. The zero-order valence-corrected chi connectivity index (χ0v) is 22.9. The first-order valence-electron chi connectivity index (χ1n) is 11.9. The van der Waals surface area contributed by atoms with Crippen molar-refractivity contribution in [3.63, 3.8) is 0 Å². The normalized spacial score (nSPS) is 11.9. The summed E-state index contributed by atoms with van der Waals surface area (Å²) in [6.45, 7) is 3.76. The molecule has 0 amide bonds. The maximum atomic E-state index is 13.1. The van der Waals surface area contributed by atoms with Gasteiger partial charge in [-0.15, -0.1) is 0 Å². The van der Waals surface area contributed by atoms with E-state index < -0.39 is 31.7 Å². The van der Waals surface area contributed by atoms with E-state index in [0.29, 0.717) is 10.8 Å². The highest BCUT2D eigenvalue weighted by Crippen LogP contribution is 2.23. The molecule has 6 aromatic rings. The van der Waals surface area contributed by atoms with Crippen LogP contribution >= 0.6 is 0 Å². The summed E-state index contributed by atoms with van der Waals surface area (Å²) in [6, 6.07) is 18.6. The van der Waals surface area contributed by atoms with Crippen LogP contribution in [0.1, 0.15) is 11.1 Å². The maximum absolute atomic E-state index is 13.1. The van der Waals surface area contributed by atoms with Crippen LogP contribution in [0, 0.1) is 25.5 Å². The Morgan fingerprint density at radius 3 is 1.27 bits per heavy atom. The lowest BCUT2D eigenvalue weighted by Crippen LogP contribution is -2.12. The molecule has 12 heteroatoms. The quantitative estimate of drug-likeness (QED) is 0.275. The minimum Gasteiger partial charge on any atom is -0.234 e. The molecule has 0 aliphatic rings. The van der Waals surface area contributed by atoms with Gasteiger partial charge in [0.15, 0.2) is 11.3 Å². The standard InChI is InChI=1S/2C14H11FN2O2S/c2*1-10-2-4-13(5-3-10)20(18,19)17-7-6-11-8-12(15)9-16-14(11)17/h2*2-9H,1H3. The number of pyridine rings is 2. The molecule has 4 aromatic heterocycles. The smallest absolute Gasteiger partial charge is 0.234 e. The van der Waals surface area contributed by atoms with Gasteiger partial charge in [-0.3, -0.25) is 0 Å². The molecule has 0 saturated carbocycles. The van der Waals surface area contributed by atoms with Crippen molar-refractivity contribution in [1.29, 1.82) is 0 Å². The van der Waals surface area contributed by atoms with E-state index >= 15 is 0 Å². The van der Waals surface area contributed by atoms with E-state index in [9.17, 15) is 25.6 Å². The third kappa shape index (κ3) is 5.10. The van der Waals surface area contributed by atoms with Gasteiger partial charge in [0, 0.05) is 23.2 Å². The highest BCUT2D eigenvalue weighted by Gasteiger charge is 2.20. The van der Waals surface area contributed by atoms with Crippen molar-refractivity contribution in [2.24, 2.45) is 0 Å². The minimum absolute atomic E-state index is 0.173. The van der Waals surface area contributed by atoms with E-state index in [0.717, 1.165) is 31.5 Å². The van der Waals surface area contributed by atoms with Gasteiger partial charge in [0.1, 0.15) is 11.6 Å². The first-order chi connectivity index (χ1) is 19.0. The fraction of sp³-hybridized carbons (Fsp3) is 0.0714. The zero-order valence-electron chi connectivity index (χ0n) is 21.2. The molecule has 0 bridgehead atoms. The van der Waals surface area contributed by atoms with E-state index in [4.69, 9.17) is 0 Å². The monoisotopic (exact) mass is 580 g/mol. The maximum Gasteiger partial charge on any atom is 0.269 e. The third-order valence-electron chi connectivity index (χ3n) is 6.08. The molecule has 204 valence electrons. The minimum atomic E-state index is -3.72. The molecular formula is C28H22F2N4O4S2. The lowest BCUT2D eigenvalue weighted by Gasteiger charge is -2.07. The average Bonchev–Trinajstić information content (AvgIpc) is 3.54. The van der Waals surface area contributed by atoms with Crippen LogP contribution in [0.15, 0.2) is 107 Å². The highest BCUT2D eigenvalue weighted by molar-refractivity contribution is 7.90. The SMILES string of the molecule is Cc1ccc(S(=O)(=O)n2ccc3cc(F)cnc32)cc1.Cc1ccc(S(=O)(=O)n2ccc3cc(F)cnc32)cc1. The van der Waals surface area contributed by atoms with Gasteiger partial charge >= 0.3 is 0 Å². The first-order valence-corrected chi connectivity index (χ1v) is 14.7. The largest absolute Gasteiger partial charge is 0.269 e. The molecule has 0 fully saturated rings. The number of fused-ring (bicyclic) bond motifs is 2. The summed E-state index contributed by atoms with van der Waals surface area (Å²) in [5, 5.41) is 0.890. The van der Waals surface area contributed by atoms with E-state index in [2.05, 4.69) is 9.97 Å². The van der Waals surface area contributed by atoms with E-state index in [1.54, 1.807) is 48.5 Å². The molecule has 0 saturated heterocycles. The summed E-state index contributed by atoms with van der Waals surface area (Å²) < 4.78 is 78.4. The Kier molecular flexibility index (Phi) is 6.98. The predicted octanol–water partition coefficient (Wildman–Crippen LogP) is 5.44. The summed E-state index contributed by atoms with van der Waals surface area (Å²) in [5.74, 6) is -0.994. The second-order valence-electron chi connectivity index (χ2n) is 8.99. The first kappa shape index (κ1) is 27.2. The molecule has 40 heavy (non-hydrogen) atoms. The van der Waals surface area contributed by atoms with Crippen LogP contribution in [-0.2, 0) is 20.0 Å². The Balaban J connectivity index is 0.000000161. The third-order valence-corrected chi connectivity index (χ3v) is 9.44. The molecule has 2 aromatic carbocycles. The second kappa shape index (κ2) is 10.3. The molecule has 4 heterocycles. The van der Waals surface area contributed by atoms with Gasteiger partial charge in [-0.2, -0.15) is 0 Å². The molecule has 0 atom stereocenters. The molecular weight excluding hydrogens is 558 g/mol. The van der Waals surface area contributed by atoms with Gasteiger partial charge in [-0.25, -0.2) is 43.5 Å². The predicted molar refractivity (Wildman–Crippen MR) is 147 cm³/mol. The van der Waals surface area contributed by atoms with E-state index in [-0.39, 0.29) is 21.1 Å². The summed E-state index contributed by atoms with van der Waals surface area (Å²) in [7, 11) is -7.44. The number of aromatic nitrogens is 4. The van der Waals surface area contributed by atoms with Crippen LogP contribution in [0.25, 0.3) is 22.1 Å². The molecule has 0 N–H and O–H groups in total. The Labute approximate surface area is 229 Å². The van der Waals surface area contributed by atoms with Crippen molar-refractivity contribution in [1.82, 2.24) is 17.9 Å². The second-order valence-corrected chi connectivity index (χ2v) is 12.6. The Morgan fingerprint density at radius 1 is 0.575 bits per heavy atom. The van der Waals surface area contributed by atoms with Crippen molar-refractivity contribution in [2.45, 2.75) is 23.6 Å². The lowest BCUT2D eigenvalue weighted by atomic mass is 10.2. The summed E-state index contributed by atoms with van der Waals surface area (Å²) in [4.78, 5) is 8.06. The fourth-order valence-electron chi connectivity index (χ4n) is 3.98. The molecule has 6 rings (SSSR count). The van der Waals surface area contributed by atoms with Crippen molar-refractivity contribution in [3.8, 4) is 0 Å². The number of rotatable bonds is 4. The van der Waals surface area contributed by atoms with Crippen LogP contribution in [0.2, 0.25) is 0 Å². The van der Waals surface area contributed by atoms with Gasteiger partial charge in [0.2, 0.25) is 0 Å².